The van der Waals surface area contributed by atoms with Crippen molar-refractivity contribution in [3.63, 3.8) is 0 Å². The van der Waals surface area contributed by atoms with E-state index in [4.69, 9.17) is 23.7 Å². The van der Waals surface area contributed by atoms with Crippen LogP contribution in [0.2, 0.25) is 0 Å². The first-order chi connectivity index (χ1) is 37.6. The van der Waals surface area contributed by atoms with Gasteiger partial charge in [0, 0.05) is 19.3 Å². The molecule has 1 heterocycles. The molecule has 0 aliphatic carbocycles. The Morgan fingerprint density at radius 3 is 1.31 bits per heavy atom. The third-order valence-corrected chi connectivity index (χ3v) is 13.4. The fourth-order valence-electron chi connectivity index (χ4n) is 8.74. The van der Waals surface area contributed by atoms with Crippen LogP contribution in [0.4, 0.5) is 0 Å². The van der Waals surface area contributed by atoms with E-state index in [1.54, 1.807) is 0 Å². The minimum atomic E-state index is -1.91. The van der Waals surface area contributed by atoms with Gasteiger partial charge in [0.05, 0.1) is 6.61 Å². The summed E-state index contributed by atoms with van der Waals surface area (Å²) in [5.74, 6) is -3.18. The van der Waals surface area contributed by atoms with Gasteiger partial charge < -0.3 is 39.0 Å². The predicted molar refractivity (Wildman–Crippen MR) is 312 cm³/mol. The van der Waals surface area contributed by atoms with Gasteiger partial charge in [0.2, 0.25) is 0 Å². The van der Waals surface area contributed by atoms with Crippen molar-refractivity contribution in [3.8, 4) is 0 Å². The largest absolute Gasteiger partial charge is 0.479 e. The number of allylic oxidation sites excluding steroid dienone is 14. The first-order valence-electron chi connectivity index (χ1n) is 30.6. The van der Waals surface area contributed by atoms with Gasteiger partial charge in [-0.3, -0.25) is 14.4 Å². The van der Waals surface area contributed by atoms with Gasteiger partial charge in [-0.15, -0.1) is 0 Å². The van der Waals surface area contributed by atoms with E-state index >= 15 is 0 Å². The van der Waals surface area contributed by atoms with Crippen molar-refractivity contribution in [2.45, 2.75) is 289 Å². The fraction of sp³-hybridized carbons (Fsp3) is 0.723. The van der Waals surface area contributed by atoms with Gasteiger partial charge in [-0.1, -0.05) is 209 Å². The third-order valence-electron chi connectivity index (χ3n) is 13.4. The quantitative estimate of drug-likeness (QED) is 0.0228. The zero-order valence-electron chi connectivity index (χ0n) is 48.4. The van der Waals surface area contributed by atoms with Crippen molar-refractivity contribution in [1.29, 1.82) is 0 Å². The molecule has 1 saturated heterocycles. The summed E-state index contributed by atoms with van der Waals surface area (Å²) in [4.78, 5) is 51.2. The summed E-state index contributed by atoms with van der Waals surface area (Å²) in [6, 6.07) is 0. The Kier molecular flexibility index (Phi) is 48.4. The van der Waals surface area contributed by atoms with Crippen LogP contribution >= 0.6 is 0 Å². The lowest BCUT2D eigenvalue weighted by Crippen LogP contribution is -2.61. The highest BCUT2D eigenvalue weighted by atomic mass is 16.7. The molecule has 1 rings (SSSR count). The number of hydrogen-bond acceptors (Lipinski definition) is 11. The Balaban J connectivity index is 2.70. The zero-order valence-corrected chi connectivity index (χ0v) is 48.4. The fourth-order valence-corrected chi connectivity index (χ4v) is 8.74. The summed E-state index contributed by atoms with van der Waals surface area (Å²) >= 11 is 0. The molecule has 1 fully saturated rings. The lowest BCUT2D eigenvalue weighted by molar-refractivity contribution is -0.301. The molecule has 6 atom stereocenters. The van der Waals surface area contributed by atoms with Crippen LogP contribution in [0.15, 0.2) is 85.1 Å². The Hall–Kier alpha value is -4.10. The van der Waals surface area contributed by atoms with Crippen LogP contribution in [0.5, 0.6) is 0 Å². The molecule has 77 heavy (non-hydrogen) atoms. The molecule has 0 aromatic heterocycles. The van der Waals surface area contributed by atoms with E-state index in [1.807, 2.05) is 0 Å². The zero-order chi connectivity index (χ0) is 56.1. The minimum absolute atomic E-state index is 0.0489. The lowest BCUT2D eigenvalue weighted by Gasteiger charge is -2.40. The van der Waals surface area contributed by atoms with Crippen molar-refractivity contribution in [2.24, 2.45) is 0 Å². The second-order valence-electron chi connectivity index (χ2n) is 20.6. The molecule has 3 N–H and O–H groups in total. The number of carbonyl (C=O) groups excluding carboxylic acids is 3. The highest BCUT2D eigenvalue weighted by Gasteiger charge is 2.50. The maximum atomic E-state index is 13.1. The summed E-state index contributed by atoms with van der Waals surface area (Å²) in [6.07, 6.45) is 55.4. The number of ether oxygens (including phenoxy) is 5. The predicted octanol–water partition coefficient (Wildman–Crippen LogP) is 15.9. The number of aliphatic hydroxyl groups excluding tert-OH is 2. The van der Waals surface area contributed by atoms with Crippen LogP contribution in [0.1, 0.15) is 252 Å². The average Bonchev–Trinajstić information content (AvgIpc) is 3.42. The normalized spacial score (nSPS) is 18.6. The van der Waals surface area contributed by atoms with Gasteiger partial charge in [-0.2, -0.15) is 0 Å². The number of hydrogen-bond donors (Lipinski definition) is 3. The number of unbranched alkanes of at least 4 members (excludes halogenated alkanes) is 23. The first kappa shape index (κ1) is 70.9. The molecule has 0 spiro atoms. The molecular weight excluding hydrogens is 973 g/mol. The van der Waals surface area contributed by atoms with Crippen LogP contribution in [-0.4, -0.2) is 89.2 Å². The monoisotopic (exact) mass is 1080 g/mol. The van der Waals surface area contributed by atoms with Crippen LogP contribution in [0.3, 0.4) is 0 Å². The number of carbonyl (C=O) groups is 4. The first-order valence-corrected chi connectivity index (χ1v) is 30.6. The van der Waals surface area contributed by atoms with E-state index in [1.165, 1.54) is 51.4 Å². The van der Waals surface area contributed by atoms with Gasteiger partial charge in [0.25, 0.3) is 0 Å². The number of aliphatic hydroxyl groups is 2. The van der Waals surface area contributed by atoms with E-state index in [0.717, 1.165) is 141 Å². The molecule has 0 saturated carbocycles. The molecule has 0 amide bonds. The van der Waals surface area contributed by atoms with Crippen molar-refractivity contribution >= 4 is 23.9 Å². The number of aliphatic carboxylic acids is 1. The van der Waals surface area contributed by atoms with E-state index in [2.05, 4.69) is 106 Å². The van der Waals surface area contributed by atoms with Crippen LogP contribution < -0.4 is 0 Å². The molecule has 1 aliphatic rings. The second-order valence-corrected chi connectivity index (χ2v) is 20.6. The van der Waals surface area contributed by atoms with Gasteiger partial charge in [0.15, 0.2) is 24.6 Å². The molecule has 1 aliphatic heterocycles. The van der Waals surface area contributed by atoms with Gasteiger partial charge in [0.1, 0.15) is 18.8 Å². The van der Waals surface area contributed by atoms with Gasteiger partial charge in [-0.25, -0.2) is 4.79 Å². The van der Waals surface area contributed by atoms with E-state index in [9.17, 15) is 34.5 Å². The van der Waals surface area contributed by atoms with Crippen LogP contribution in [-0.2, 0) is 42.9 Å². The molecule has 0 bridgehead atoms. The topological polar surface area (TPSA) is 175 Å². The molecule has 0 aromatic rings. The van der Waals surface area contributed by atoms with Gasteiger partial charge >= 0.3 is 23.9 Å². The number of rotatable bonds is 51. The number of carboxylic acids is 1. The van der Waals surface area contributed by atoms with Crippen LogP contribution in [0, 0.1) is 0 Å². The van der Waals surface area contributed by atoms with Crippen molar-refractivity contribution in [3.05, 3.63) is 85.1 Å². The summed E-state index contributed by atoms with van der Waals surface area (Å²) in [5, 5.41) is 31.5. The Morgan fingerprint density at radius 2 is 0.844 bits per heavy atom. The van der Waals surface area contributed by atoms with E-state index < -0.39 is 67.3 Å². The molecular formula is C65H108O12. The minimum Gasteiger partial charge on any atom is -0.479 e. The van der Waals surface area contributed by atoms with Crippen molar-refractivity contribution < 1.29 is 58.2 Å². The second kappa shape index (κ2) is 52.6. The summed E-state index contributed by atoms with van der Waals surface area (Å²) in [6.45, 7) is 5.78. The number of esters is 3. The molecule has 0 radical (unpaired) electrons. The summed E-state index contributed by atoms with van der Waals surface area (Å²) in [5.41, 5.74) is 0. The smallest absolute Gasteiger partial charge is 0.335 e. The highest BCUT2D eigenvalue weighted by Crippen LogP contribution is 2.26. The maximum absolute atomic E-state index is 13.1. The van der Waals surface area contributed by atoms with Gasteiger partial charge in [-0.05, 0) is 109 Å². The summed E-state index contributed by atoms with van der Waals surface area (Å²) < 4.78 is 28.4. The third kappa shape index (κ3) is 42.5. The van der Waals surface area contributed by atoms with Crippen molar-refractivity contribution in [1.82, 2.24) is 0 Å². The highest BCUT2D eigenvalue weighted by molar-refractivity contribution is 5.74. The Bertz CT molecular complexity index is 1660. The molecule has 12 heteroatoms. The lowest BCUT2D eigenvalue weighted by atomic mass is 9.98. The van der Waals surface area contributed by atoms with E-state index in [-0.39, 0.29) is 25.9 Å². The molecule has 12 nitrogen and oxygen atoms in total. The maximum Gasteiger partial charge on any atom is 0.335 e. The average molecular weight is 1080 g/mol. The Labute approximate surface area is 467 Å². The molecule has 440 valence electrons. The molecule has 0 aromatic carbocycles. The van der Waals surface area contributed by atoms with Crippen LogP contribution in [0.25, 0.3) is 0 Å². The standard InChI is InChI=1S/C65H108O12/c1-4-7-10-13-16-19-22-25-27-29-31-34-36-39-42-45-48-51-57(66)73-54-56(75-58(67)52-49-46-43-40-37-33-24-21-18-15-12-9-6-3)55-74-65-63(61(70)60(69)62(77-65)64(71)72)76-59(68)53-50-47-44-41-38-35-32-30-28-26-23-20-17-14-11-8-5-2/h7,10,12,15-16,19,21,24-28,31,34,56,60-63,65,69-70H,4-6,8-9,11,13-14,17-18,20,22-23,29-30,32-33,35-55H2,1-3H3,(H,71,72)/b10-7-,15-12-,19-16-,24-21-,27-25-,28-26-,34-31-. The number of carboxylic acid groups (broad SMARTS) is 1. The van der Waals surface area contributed by atoms with Crippen molar-refractivity contribution in [2.75, 3.05) is 13.2 Å². The Morgan fingerprint density at radius 1 is 0.442 bits per heavy atom. The van der Waals surface area contributed by atoms with E-state index in [0.29, 0.717) is 19.3 Å². The SMILES string of the molecule is CC/C=C\C/C=C\C/C=C\C/C=C\CCCCCCC(=O)OCC(COC1OC(C(=O)O)C(O)C(O)C1OC(=O)CCCCCCCCC/C=C\CCCCCCCC)OC(=O)CCCCCCC/C=C\C/C=C\CCC. The summed E-state index contributed by atoms with van der Waals surface area (Å²) in [7, 11) is 0. The molecule has 6 unspecified atom stereocenters.